The quantitative estimate of drug-likeness (QED) is 0.131. The Bertz CT molecular complexity index is 3340. The first kappa shape index (κ1) is 37.7. The predicted molar refractivity (Wildman–Crippen MR) is 269 cm³/mol. The first-order valence-corrected chi connectivity index (χ1v) is 21.7. The van der Waals surface area contributed by atoms with Crippen LogP contribution >= 0.6 is 0 Å². The SMILES string of the molecule is c1ccc(-c2ccc(N(c3ccc(-c4ccccc4)c(-c4ccccc4)c3)c3c(-c4ccc(-c5ccccc5-c5ccccc5)cc4)c4ccccc4c4ccccc34)cc2)cc1. The van der Waals surface area contributed by atoms with Gasteiger partial charge in [0.25, 0.3) is 0 Å². The van der Waals surface area contributed by atoms with Crippen LogP contribution in [0.3, 0.4) is 0 Å². The van der Waals surface area contributed by atoms with Crippen molar-refractivity contribution in [1.29, 1.82) is 0 Å². The maximum atomic E-state index is 2.50. The average molecular weight is 802 g/mol. The lowest BCUT2D eigenvalue weighted by Crippen LogP contribution is -2.13. The number of anilines is 3. The van der Waals surface area contributed by atoms with E-state index in [2.05, 4.69) is 266 Å². The summed E-state index contributed by atoms with van der Waals surface area (Å²) >= 11 is 0. The van der Waals surface area contributed by atoms with Crippen molar-refractivity contribution in [3.8, 4) is 66.8 Å². The van der Waals surface area contributed by atoms with Crippen LogP contribution in [0.5, 0.6) is 0 Å². The molecule has 1 heteroatoms. The smallest absolute Gasteiger partial charge is 0.0624 e. The van der Waals surface area contributed by atoms with Gasteiger partial charge in [-0.2, -0.15) is 0 Å². The molecule has 0 N–H and O–H groups in total. The van der Waals surface area contributed by atoms with E-state index in [-0.39, 0.29) is 0 Å². The zero-order valence-corrected chi connectivity index (χ0v) is 34.8. The van der Waals surface area contributed by atoms with Crippen molar-refractivity contribution in [2.24, 2.45) is 0 Å². The summed E-state index contributed by atoms with van der Waals surface area (Å²) in [4.78, 5) is 2.50. The molecule has 11 rings (SSSR count). The van der Waals surface area contributed by atoms with E-state index < -0.39 is 0 Å². The number of nitrogens with zero attached hydrogens (tertiary/aromatic N) is 1. The molecular formula is C62H43N. The molecule has 11 aromatic carbocycles. The number of rotatable bonds is 9. The molecule has 0 fully saturated rings. The van der Waals surface area contributed by atoms with Crippen molar-refractivity contribution in [3.05, 3.63) is 261 Å². The molecule has 0 atom stereocenters. The molecule has 0 bridgehead atoms. The zero-order valence-electron chi connectivity index (χ0n) is 34.8. The molecule has 0 radical (unpaired) electrons. The van der Waals surface area contributed by atoms with Crippen LogP contribution in [0.2, 0.25) is 0 Å². The fourth-order valence-electron chi connectivity index (χ4n) is 9.31. The van der Waals surface area contributed by atoms with Crippen molar-refractivity contribution in [2.75, 3.05) is 4.90 Å². The third-order valence-electron chi connectivity index (χ3n) is 12.3. The molecule has 0 saturated carbocycles. The molecule has 0 heterocycles. The molecule has 63 heavy (non-hydrogen) atoms. The van der Waals surface area contributed by atoms with Gasteiger partial charge in [-0.15, -0.1) is 0 Å². The molecular weight excluding hydrogens is 759 g/mol. The van der Waals surface area contributed by atoms with Crippen molar-refractivity contribution >= 4 is 38.6 Å². The fourth-order valence-corrected chi connectivity index (χ4v) is 9.31. The monoisotopic (exact) mass is 801 g/mol. The number of hydrogen-bond acceptors (Lipinski definition) is 1. The number of benzene rings is 11. The van der Waals surface area contributed by atoms with E-state index in [1.54, 1.807) is 0 Å². The topological polar surface area (TPSA) is 3.24 Å². The lowest BCUT2D eigenvalue weighted by molar-refractivity contribution is 1.30. The highest BCUT2D eigenvalue weighted by Gasteiger charge is 2.25. The van der Waals surface area contributed by atoms with E-state index in [0.717, 1.165) is 22.6 Å². The van der Waals surface area contributed by atoms with Gasteiger partial charge in [-0.05, 0) is 102 Å². The van der Waals surface area contributed by atoms with Gasteiger partial charge in [0.1, 0.15) is 0 Å². The predicted octanol–water partition coefficient (Wildman–Crippen LogP) is 17.5. The highest BCUT2D eigenvalue weighted by Crippen LogP contribution is 2.51. The summed E-state index contributed by atoms with van der Waals surface area (Å²) in [5.74, 6) is 0. The van der Waals surface area contributed by atoms with Crippen LogP contribution in [0, 0.1) is 0 Å². The third kappa shape index (κ3) is 7.16. The van der Waals surface area contributed by atoms with Crippen LogP contribution in [0.1, 0.15) is 0 Å². The van der Waals surface area contributed by atoms with Gasteiger partial charge in [0.05, 0.1) is 5.69 Å². The molecule has 0 spiro atoms. The van der Waals surface area contributed by atoms with E-state index >= 15 is 0 Å². The first-order chi connectivity index (χ1) is 31.3. The van der Waals surface area contributed by atoms with Crippen molar-refractivity contribution in [3.63, 3.8) is 0 Å². The van der Waals surface area contributed by atoms with E-state index in [9.17, 15) is 0 Å². The molecule has 0 aliphatic heterocycles. The maximum absolute atomic E-state index is 2.50. The Hall–Kier alpha value is -8.26. The van der Waals surface area contributed by atoms with Crippen molar-refractivity contribution in [1.82, 2.24) is 0 Å². The summed E-state index contributed by atoms with van der Waals surface area (Å²) < 4.78 is 0. The lowest BCUT2D eigenvalue weighted by atomic mass is 9.88. The van der Waals surface area contributed by atoms with Gasteiger partial charge in [0.15, 0.2) is 0 Å². The normalized spacial score (nSPS) is 11.2. The number of fused-ring (bicyclic) bond motifs is 3. The van der Waals surface area contributed by atoms with Gasteiger partial charge in [0.2, 0.25) is 0 Å². The minimum absolute atomic E-state index is 1.08. The lowest BCUT2D eigenvalue weighted by Gasteiger charge is -2.31. The van der Waals surface area contributed by atoms with Crippen LogP contribution in [-0.2, 0) is 0 Å². The second-order valence-corrected chi connectivity index (χ2v) is 16.0. The largest absolute Gasteiger partial charge is 0.309 e. The Balaban J connectivity index is 1.18. The molecule has 296 valence electrons. The average Bonchev–Trinajstić information content (AvgIpc) is 3.38. The Morgan fingerprint density at radius 2 is 0.556 bits per heavy atom. The molecule has 0 saturated heterocycles. The molecule has 11 aromatic rings. The van der Waals surface area contributed by atoms with Gasteiger partial charge >= 0.3 is 0 Å². The van der Waals surface area contributed by atoms with Crippen LogP contribution in [0.25, 0.3) is 88.3 Å². The van der Waals surface area contributed by atoms with Crippen LogP contribution in [0.15, 0.2) is 261 Å². The summed E-state index contributed by atoms with van der Waals surface area (Å²) in [6.07, 6.45) is 0. The maximum Gasteiger partial charge on any atom is 0.0624 e. The molecule has 1 nitrogen and oxygen atoms in total. The highest BCUT2D eigenvalue weighted by molar-refractivity contribution is 6.22. The van der Waals surface area contributed by atoms with Crippen LogP contribution in [-0.4, -0.2) is 0 Å². The van der Waals surface area contributed by atoms with Crippen molar-refractivity contribution in [2.45, 2.75) is 0 Å². The summed E-state index contributed by atoms with van der Waals surface area (Å²) in [7, 11) is 0. The summed E-state index contributed by atoms with van der Waals surface area (Å²) in [6, 6.07) is 94.7. The Morgan fingerprint density at radius 3 is 1.11 bits per heavy atom. The van der Waals surface area contributed by atoms with Gasteiger partial charge < -0.3 is 4.90 Å². The summed E-state index contributed by atoms with van der Waals surface area (Å²) in [5, 5.41) is 4.84. The highest BCUT2D eigenvalue weighted by atomic mass is 15.1. The molecule has 0 unspecified atom stereocenters. The summed E-state index contributed by atoms with van der Waals surface area (Å²) in [6.45, 7) is 0. The Morgan fingerprint density at radius 1 is 0.206 bits per heavy atom. The molecule has 0 aliphatic carbocycles. The molecule has 0 aliphatic rings. The number of hydrogen-bond donors (Lipinski definition) is 0. The van der Waals surface area contributed by atoms with Crippen molar-refractivity contribution < 1.29 is 0 Å². The zero-order chi connectivity index (χ0) is 42.0. The first-order valence-electron chi connectivity index (χ1n) is 21.7. The summed E-state index contributed by atoms with van der Waals surface area (Å²) in [5.41, 5.74) is 17.6. The second-order valence-electron chi connectivity index (χ2n) is 16.0. The van der Waals surface area contributed by atoms with E-state index in [1.165, 1.54) is 82.7 Å². The minimum Gasteiger partial charge on any atom is -0.309 e. The molecule has 0 aromatic heterocycles. The van der Waals surface area contributed by atoms with Crippen LogP contribution in [0.4, 0.5) is 17.1 Å². The van der Waals surface area contributed by atoms with Gasteiger partial charge in [-0.1, -0.05) is 237 Å². The molecule has 0 amide bonds. The second kappa shape index (κ2) is 16.7. The fraction of sp³-hybridized carbons (Fsp3) is 0. The standard InChI is InChI=1S/C62H43N/c1-5-19-44(20-6-1)45-37-39-51(40-38-45)63(52-41-42-55(47-23-9-3-10-24-47)60(43-52)48-25-11-4-12-26-48)62-59-32-18-16-30-57(59)56-29-15-17-31-58(56)61(62)50-35-33-49(34-36-50)54-28-14-13-27-53(54)46-21-7-2-8-22-46/h1-43H. The van der Waals surface area contributed by atoms with Crippen LogP contribution < -0.4 is 4.90 Å². The minimum atomic E-state index is 1.08. The van der Waals surface area contributed by atoms with E-state index in [0.29, 0.717) is 0 Å². The third-order valence-corrected chi connectivity index (χ3v) is 12.3. The van der Waals surface area contributed by atoms with Gasteiger partial charge in [-0.3, -0.25) is 0 Å². The van der Waals surface area contributed by atoms with E-state index in [1.807, 2.05) is 0 Å². The Kier molecular flexibility index (Phi) is 9.97. The van der Waals surface area contributed by atoms with Gasteiger partial charge in [-0.25, -0.2) is 0 Å². The Labute approximate surface area is 369 Å². The van der Waals surface area contributed by atoms with Gasteiger partial charge in [0, 0.05) is 22.3 Å². The van der Waals surface area contributed by atoms with E-state index in [4.69, 9.17) is 0 Å².